The molecule has 0 bridgehead atoms. The normalized spacial score (nSPS) is 11.6. The molecule has 0 amide bonds. The molecular formula is C41H25N3O. The Balaban J connectivity index is 1.34. The second-order valence-electron chi connectivity index (χ2n) is 11.3. The molecule has 9 rings (SSSR count). The molecule has 45 heavy (non-hydrogen) atoms. The van der Waals surface area contributed by atoms with E-state index in [0.717, 1.165) is 60.5 Å². The molecule has 0 saturated carbocycles. The minimum Gasteiger partial charge on any atom is -0.456 e. The van der Waals surface area contributed by atoms with Crippen LogP contribution in [0.15, 0.2) is 156 Å². The Hall–Kier alpha value is -6.13. The summed E-state index contributed by atoms with van der Waals surface area (Å²) < 4.78 is 6.43. The van der Waals surface area contributed by atoms with E-state index in [1.54, 1.807) is 0 Å². The van der Waals surface area contributed by atoms with Crippen molar-refractivity contribution in [2.45, 2.75) is 0 Å². The summed E-state index contributed by atoms with van der Waals surface area (Å²) in [6.07, 6.45) is 0. The maximum atomic E-state index is 6.43. The van der Waals surface area contributed by atoms with Crippen molar-refractivity contribution in [3.05, 3.63) is 152 Å². The standard InChI is InChI=1S/C41H25N3O/c1-2-10-26(11-3-1)33-24-35(38-34-16-8-9-17-36(34)45-37(38)25-33)41-43-39(31-20-18-27-12-4-6-14-29(27)22-31)42-40(44-41)32-21-19-28-13-5-7-15-30(28)23-32/h1-25H. The van der Waals surface area contributed by atoms with Gasteiger partial charge in [0.05, 0.1) is 0 Å². The van der Waals surface area contributed by atoms with Gasteiger partial charge in [0.25, 0.3) is 0 Å². The van der Waals surface area contributed by atoms with Crippen LogP contribution in [0.1, 0.15) is 0 Å². The fourth-order valence-electron chi connectivity index (χ4n) is 6.24. The molecule has 7 aromatic carbocycles. The molecule has 210 valence electrons. The maximum Gasteiger partial charge on any atom is 0.164 e. The lowest BCUT2D eigenvalue weighted by molar-refractivity contribution is 0.669. The van der Waals surface area contributed by atoms with E-state index in [0.29, 0.717) is 17.5 Å². The largest absolute Gasteiger partial charge is 0.456 e. The predicted octanol–water partition coefficient (Wildman–Crippen LogP) is 10.7. The van der Waals surface area contributed by atoms with Gasteiger partial charge in [0.1, 0.15) is 11.2 Å². The van der Waals surface area contributed by atoms with Crippen LogP contribution < -0.4 is 0 Å². The van der Waals surface area contributed by atoms with Crippen molar-refractivity contribution in [1.82, 2.24) is 15.0 Å². The molecule has 4 nitrogen and oxygen atoms in total. The van der Waals surface area contributed by atoms with Crippen LogP contribution in [0.3, 0.4) is 0 Å². The van der Waals surface area contributed by atoms with E-state index < -0.39 is 0 Å². The van der Waals surface area contributed by atoms with Crippen LogP contribution in [-0.2, 0) is 0 Å². The topological polar surface area (TPSA) is 51.8 Å². The number of benzene rings is 7. The molecule has 0 spiro atoms. The minimum atomic E-state index is 0.602. The van der Waals surface area contributed by atoms with Crippen LogP contribution in [0.25, 0.3) is 88.8 Å². The second kappa shape index (κ2) is 10.2. The van der Waals surface area contributed by atoms with Crippen molar-refractivity contribution in [2.24, 2.45) is 0 Å². The first kappa shape index (κ1) is 25.4. The average Bonchev–Trinajstić information content (AvgIpc) is 3.49. The number of nitrogens with zero attached hydrogens (tertiary/aromatic N) is 3. The van der Waals surface area contributed by atoms with Crippen LogP contribution in [0.4, 0.5) is 0 Å². The zero-order valence-electron chi connectivity index (χ0n) is 24.2. The first-order valence-corrected chi connectivity index (χ1v) is 15.0. The van der Waals surface area contributed by atoms with Crippen molar-refractivity contribution < 1.29 is 4.42 Å². The molecule has 0 N–H and O–H groups in total. The van der Waals surface area contributed by atoms with Crippen molar-refractivity contribution in [2.75, 3.05) is 0 Å². The van der Waals surface area contributed by atoms with Crippen LogP contribution >= 0.6 is 0 Å². The summed E-state index contributed by atoms with van der Waals surface area (Å²) in [5.41, 5.74) is 6.54. The molecule has 0 unspecified atom stereocenters. The highest BCUT2D eigenvalue weighted by molar-refractivity contribution is 6.13. The van der Waals surface area contributed by atoms with Crippen LogP contribution in [0.5, 0.6) is 0 Å². The van der Waals surface area contributed by atoms with Gasteiger partial charge in [-0.15, -0.1) is 0 Å². The molecule has 0 aliphatic heterocycles. The zero-order chi connectivity index (χ0) is 29.7. The molecule has 0 fully saturated rings. The summed E-state index contributed by atoms with van der Waals surface area (Å²) in [5, 5.41) is 6.64. The summed E-state index contributed by atoms with van der Waals surface area (Å²) in [5.74, 6) is 1.85. The lowest BCUT2D eigenvalue weighted by Gasteiger charge is -2.12. The molecule has 2 aromatic heterocycles. The van der Waals surface area contributed by atoms with E-state index in [2.05, 4.69) is 127 Å². The van der Waals surface area contributed by atoms with Gasteiger partial charge in [0, 0.05) is 27.5 Å². The number of hydrogen-bond donors (Lipinski definition) is 0. The Morgan fingerprint density at radius 2 is 0.911 bits per heavy atom. The lowest BCUT2D eigenvalue weighted by atomic mass is 9.98. The minimum absolute atomic E-state index is 0.602. The molecular weight excluding hydrogens is 550 g/mol. The predicted molar refractivity (Wildman–Crippen MR) is 184 cm³/mol. The maximum absolute atomic E-state index is 6.43. The van der Waals surface area contributed by atoms with Gasteiger partial charge in [-0.05, 0) is 63.0 Å². The third-order valence-electron chi connectivity index (χ3n) is 8.48. The summed E-state index contributed by atoms with van der Waals surface area (Å²) >= 11 is 0. The van der Waals surface area contributed by atoms with E-state index in [4.69, 9.17) is 19.4 Å². The number of para-hydroxylation sites is 1. The SMILES string of the molecule is c1ccc(-c2cc(-c3nc(-c4ccc5ccccc5c4)nc(-c4ccc5ccccc5c4)n3)c3c(c2)oc2ccccc23)cc1. The molecule has 4 heteroatoms. The number of hydrogen-bond acceptors (Lipinski definition) is 4. The third-order valence-corrected chi connectivity index (χ3v) is 8.48. The molecule has 0 atom stereocenters. The van der Waals surface area contributed by atoms with Crippen LogP contribution in [0, 0.1) is 0 Å². The second-order valence-corrected chi connectivity index (χ2v) is 11.3. The summed E-state index contributed by atoms with van der Waals surface area (Å²) in [4.78, 5) is 15.4. The molecule has 2 heterocycles. The number of furan rings is 1. The quantitative estimate of drug-likeness (QED) is 0.209. The molecule has 0 radical (unpaired) electrons. The molecule has 9 aromatic rings. The van der Waals surface area contributed by atoms with Gasteiger partial charge in [-0.2, -0.15) is 0 Å². The Morgan fingerprint density at radius 3 is 1.58 bits per heavy atom. The monoisotopic (exact) mass is 575 g/mol. The average molecular weight is 576 g/mol. The lowest BCUT2D eigenvalue weighted by Crippen LogP contribution is -2.01. The Kier molecular flexibility index (Phi) is 5.78. The smallest absolute Gasteiger partial charge is 0.164 e. The highest BCUT2D eigenvalue weighted by Gasteiger charge is 2.20. The van der Waals surface area contributed by atoms with E-state index in [1.807, 2.05) is 24.3 Å². The van der Waals surface area contributed by atoms with E-state index in [1.165, 1.54) is 10.8 Å². The Labute approximate surface area is 259 Å². The van der Waals surface area contributed by atoms with Gasteiger partial charge in [0.2, 0.25) is 0 Å². The Bertz CT molecular complexity index is 2450. The van der Waals surface area contributed by atoms with Crippen molar-refractivity contribution in [3.8, 4) is 45.3 Å². The first-order chi connectivity index (χ1) is 22.3. The Morgan fingerprint density at radius 1 is 0.356 bits per heavy atom. The van der Waals surface area contributed by atoms with Gasteiger partial charge in [0.15, 0.2) is 17.5 Å². The highest BCUT2D eigenvalue weighted by atomic mass is 16.3. The fraction of sp³-hybridized carbons (Fsp3) is 0. The summed E-state index contributed by atoms with van der Waals surface area (Å²) in [6, 6.07) is 52.3. The van der Waals surface area contributed by atoms with Crippen molar-refractivity contribution in [3.63, 3.8) is 0 Å². The summed E-state index contributed by atoms with van der Waals surface area (Å²) in [6.45, 7) is 0. The van der Waals surface area contributed by atoms with Gasteiger partial charge < -0.3 is 4.42 Å². The number of fused-ring (bicyclic) bond motifs is 5. The van der Waals surface area contributed by atoms with E-state index in [-0.39, 0.29) is 0 Å². The van der Waals surface area contributed by atoms with E-state index >= 15 is 0 Å². The van der Waals surface area contributed by atoms with Gasteiger partial charge in [-0.3, -0.25) is 0 Å². The first-order valence-electron chi connectivity index (χ1n) is 15.0. The van der Waals surface area contributed by atoms with Gasteiger partial charge >= 0.3 is 0 Å². The number of aromatic nitrogens is 3. The van der Waals surface area contributed by atoms with Gasteiger partial charge in [-0.25, -0.2) is 15.0 Å². The van der Waals surface area contributed by atoms with Gasteiger partial charge in [-0.1, -0.05) is 121 Å². The van der Waals surface area contributed by atoms with Crippen molar-refractivity contribution in [1.29, 1.82) is 0 Å². The molecule has 0 aliphatic carbocycles. The molecule has 0 aliphatic rings. The number of rotatable bonds is 4. The molecule has 0 saturated heterocycles. The van der Waals surface area contributed by atoms with E-state index in [9.17, 15) is 0 Å². The highest BCUT2D eigenvalue weighted by Crippen LogP contribution is 2.40. The fourth-order valence-corrected chi connectivity index (χ4v) is 6.24. The third kappa shape index (κ3) is 4.43. The van der Waals surface area contributed by atoms with Crippen LogP contribution in [0.2, 0.25) is 0 Å². The van der Waals surface area contributed by atoms with Crippen molar-refractivity contribution >= 4 is 43.5 Å². The summed E-state index contributed by atoms with van der Waals surface area (Å²) in [7, 11) is 0. The zero-order valence-corrected chi connectivity index (χ0v) is 24.2. The van der Waals surface area contributed by atoms with Crippen LogP contribution in [-0.4, -0.2) is 15.0 Å².